The molecular formula is C27H22N2O. The summed E-state index contributed by atoms with van der Waals surface area (Å²) < 4.78 is 1.87. The van der Waals surface area contributed by atoms with Crippen LogP contribution < -0.4 is 0 Å². The first-order valence-electron chi connectivity index (χ1n) is 10.1. The van der Waals surface area contributed by atoms with Crippen LogP contribution in [0.25, 0.3) is 32.7 Å². The third-order valence-electron chi connectivity index (χ3n) is 5.65. The Morgan fingerprint density at radius 2 is 1.33 bits per heavy atom. The summed E-state index contributed by atoms with van der Waals surface area (Å²) in [5, 5.41) is 20.4. The number of fused-ring (bicyclic) bond motifs is 2. The van der Waals surface area contributed by atoms with Gasteiger partial charge in [0.05, 0.1) is 6.21 Å². The maximum atomic E-state index is 11.2. The lowest BCUT2D eigenvalue weighted by molar-refractivity contribution is 0.476. The molecule has 0 spiro atoms. The fourth-order valence-corrected chi connectivity index (χ4v) is 4.13. The van der Waals surface area contributed by atoms with E-state index in [0.29, 0.717) is 5.56 Å². The van der Waals surface area contributed by atoms with Crippen molar-refractivity contribution in [2.24, 2.45) is 5.10 Å². The van der Waals surface area contributed by atoms with Gasteiger partial charge in [0.1, 0.15) is 5.75 Å². The summed E-state index contributed by atoms with van der Waals surface area (Å²) in [7, 11) is 0. The predicted molar refractivity (Wildman–Crippen MR) is 125 cm³/mol. The van der Waals surface area contributed by atoms with Crippen LogP contribution in [0.4, 0.5) is 0 Å². The highest BCUT2D eigenvalue weighted by Gasteiger charge is 2.14. The van der Waals surface area contributed by atoms with E-state index in [4.69, 9.17) is 0 Å². The van der Waals surface area contributed by atoms with Crippen LogP contribution >= 0.6 is 0 Å². The molecule has 1 N–H and O–H groups in total. The molecule has 146 valence electrons. The number of phenols is 1. The SMILES string of the molecule is Cc1ccc(C)n1/N=C\c1cccc(-c2c3ccccc3cc3ccccc23)c1O. The lowest BCUT2D eigenvalue weighted by Gasteiger charge is -2.14. The van der Waals surface area contributed by atoms with Gasteiger partial charge in [-0.2, -0.15) is 5.10 Å². The lowest BCUT2D eigenvalue weighted by atomic mass is 9.91. The minimum atomic E-state index is 0.241. The van der Waals surface area contributed by atoms with E-state index in [0.717, 1.165) is 44.1 Å². The molecule has 0 aliphatic rings. The van der Waals surface area contributed by atoms with Gasteiger partial charge in [-0.3, -0.25) is 0 Å². The largest absolute Gasteiger partial charge is 0.507 e. The van der Waals surface area contributed by atoms with Gasteiger partial charge in [0.2, 0.25) is 0 Å². The first kappa shape index (κ1) is 18.2. The van der Waals surface area contributed by atoms with Crippen LogP contribution in [0, 0.1) is 13.8 Å². The van der Waals surface area contributed by atoms with Gasteiger partial charge in [-0.25, -0.2) is 4.68 Å². The second kappa shape index (κ2) is 7.20. The fraction of sp³-hybridized carbons (Fsp3) is 0.0741. The molecule has 3 nitrogen and oxygen atoms in total. The van der Waals surface area contributed by atoms with Crippen LogP contribution in [-0.4, -0.2) is 16.0 Å². The quantitative estimate of drug-likeness (QED) is 0.271. The van der Waals surface area contributed by atoms with Gasteiger partial charge in [-0.05, 0) is 59.7 Å². The van der Waals surface area contributed by atoms with Crippen molar-refractivity contribution in [3.05, 3.63) is 102 Å². The second-order valence-corrected chi connectivity index (χ2v) is 7.61. The average molecular weight is 390 g/mol. The topological polar surface area (TPSA) is 37.5 Å². The summed E-state index contributed by atoms with van der Waals surface area (Å²) in [5.41, 5.74) is 4.66. The van der Waals surface area contributed by atoms with Crippen LogP contribution in [0.15, 0.2) is 90.0 Å². The number of hydrogen-bond acceptors (Lipinski definition) is 2. The van der Waals surface area contributed by atoms with Crippen LogP contribution in [-0.2, 0) is 0 Å². The number of hydrogen-bond donors (Lipinski definition) is 1. The molecular weight excluding hydrogens is 368 g/mol. The van der Waals surface area contributed by atoms with Crippen LogP contribution in [0.2, 0.25) is 0 Å². The number of nitrogens with zero attached hydrogens (tertiary/aromatic N) is 2. The van der Waals surface area contributed by atoms with Crippen molar-refractivity contribution >= 4 is 27.8 Å². The van der Waals surface area contributed by atoms with Gasteiger partial charge in [0.15, 0.2) is 0 Å². The molecule has 0 amide bonds. The minimum absolute atomic E-state index is 0.241. The maximum absolute atomic E-state index is 11.2. The monoisotopic (exact) mass is 390 g/mol. The summed E-state index contributed by atoms with van der Waals surface area (Å²) in [6.45, 7) is 4.03. The van der Waals surface area contributed by atoms with Gasteiger partial charge >= 0.3 is 0 Å². The molecule has 0 saturated heterocycles. The molecule has 5 rings (SSSR count). The van der Waals surface area contributed by atoms with E-state index in [-0.39, 0.29) is 5.75 Å². The van der Waals surface area contributed by atoms with Crippen molar-refractivity contribution in [3.63, 3.8) is 0 Å². The molecule has 4 aromatic carbocycles. The van der Waals surface area contributed by atoms with E-state index in [1.807, 2.05) is 73.1 Å². The smallest absolute Gasteiger partial charge is 0.132 e. The van der Waals surface area contributed by atoms with Crippen LogP contribution in [0.5, 0.6) is 5.75 Å². The van der Waals surface area contributed by atoms with Gasteiger partial charge < -0.3 is 5.11 Å². The highest BCUT2D eigenvalue weighted by Crippen LogP contribution is 2.41. The molecule has 5 aromatic rings. The van der Waals surface area contributed by atoms with E-state index < -0.39 is 0 Å². The number of para-hydroxylation sites is 1. The Hall–Kier alpha value is -3.85. The Kier molecular flexibility index (Phi) is 4.36. The third-order valence-corrected chi connectivity index (χ3v) is 5.65. The summed E-state index contributed by atoms with van der Waals surface area (Å²) in [6.07, 6.45) is 1.73. The summed E-state index contributed by atoms with van der Waals surface area (Å²) in [6, 6.07) is 28.8. The van der Waals surface area contributed by atoms with E-state index in [9.17, 15) is 5.11 Å². The molecule has 0 atom stereocenters. The van der Waals surface area contributed by atoms with Crippen molar-refractivity contribution in [1.29, 1.82) is 0 Å². The fourth-order valence-electron chi connectivity index (χ4n) is 4.13. The van der Waals surface area contributed by atoms with Crippen molar-refractivity contribution in [2.45, 2.75) is 13.8 Å². The molecule has 0 aliphatic heterocycles. The molecule has 0 saturated carbocycles. The minimum Gasteiger partial charge on any atom is -0.507 e. The molecule has 0 fully saturated rings. The molecule has 0 bridgehead atoms. The van der Waals surface area contributed by atoms with E-state index in [2.05, 4.69) is 35.4 Å². The maximum Gasteiger partial charge on any atom is 0.132 e. The van der Waals surface area contributed by atoms with Crippen molar-refractivity contribution < 1.29 is 5.11 Å². The highest BCUT2D eigenvalue weighted by molar-refractivity contribution is 6.14. The zero-order chi connectivity index (χ0) is 20.7. The number of aryl methyl sites for hydroxylation is 2. The van der Waals surface area contributed by atoms with Gasteiger partial charge in [-0.1, -0.05) is 60.7 Å². The van der Waals surface area contributed by atoms with Crippen LogP contribution in [0.3, 0.4) is 0 Å². The number of aromatic nitrogens is 1. The average Bonchev–Trinajstić information content (AvgIpc) is 3.09. The summed E-state index contributed by atoms with van der Waals surface area (Å²) >= 11 is 0. The zero-order valence-electron chi connectivity index (χ0n) is 17.0. The zero-order valence-corrected chi connectivity index (χ0v) is 17.0. The van der Waals surface area contributed by atoms with E-state index in [1.54, 1.807) is 6.21 Å². The number of benzene rings is 4. The van der Waals surface area contributed by atoms with Gasteiger partial charge in [0, 0.05) is 28.1 Å². The van der Waals surface area contributed by atoms with Crippen molar-refractivity contribution in [3.8, 4) is 16.9 Å². The molecule has 30 heavy (non-hydrogen) atoms. The normalized spacial score (nSPS) is 11.7. The third kappa shape index (κ3) is 2.96. The molecule has 3 heteroatoms. The highest BCUT2D eigenvalue weighted by atomic mass is 16.3. The van der Waals surface area contributed by atoms with Crippen molar-refractivity contribution in [1.82, 2.24) is 4.68 Å². The Morgan fingerprint density at radius 3 is 1.97 bits per heavy atom. The summed E-state index contributed by atoms with van der Waals surface area (Å²) in [4.78, 5) is 0. The Bertz CT molecular complexity index is 1350. The molecule has 0 aliphatic carbocycles. The Balaban J connectivity index is 1.74. The van der Waals surface area contributed by atoms with Gasteiger partial charge in [0.25, 0.3) is 0 Å². The number of phenolic OH excluding ortho intramolecular Hbond substituents is 1. The van der Waals surface area contributed by atoms with Gasteiger partial charge in [-0.15, -0.1) is 0 Å². The number of aromatic hydroxyl groups is 1. The first-order valence-corrected chi connectivity index (χ1v) is 10.1. The lowest BCUT2D eigenvalue weighted by Crippen LogP contribution is -1.96. The summed E-state index contributed by atoms with van der Waals surface area (Å²) in [5.74, 6) is 0.241. The first-order chi connectivity index (χ1) is 14.6. The van der Waals surface area contributed by atoms with E-state index >= 15 is 0 Å². The molecule has 0 unspecified atom stereocenters. The van der Waals surface area contributed by atoms with E-state index in [1.165, 1.54) is 0 Å². The molecule has 0 radical (unpaired) electrons. The Morgan fingerprint density at radius 1 is 0.733 bits per heavy atom. The predicted octanol–water partition coefficient (Wildman–Crippen LogP) is 6.67. The van der Waals surface area contributed by atoms with Crippen LogP contribution in [0.1, 0.15) is 17.0 Å². The standard InChI is InChI=1S/C27H22N2O/c1-18-14-15-19(2)29(18)28-17-22-10-7-13-25(27(22)30)26-23-11-5-3-8-20(23)16-21-9-4-6-12-24(21)26/h3-17,30H,1-2H3/b28-17-. The Labute approximate surface area is 175 Å². The second-order valence-electron chi connectivity index (χ2n) is 7.61. The number of rotatable bonds is 3. The molecule has 1 aromatic heterocycles. The van der Waals surface area contributed by atoms with Crippen molar-refractivity contribution in [2.75, 3.05) is 0 Å². The molecule has 1 heterocycles.